The summed E-state index contributed by atoms with van der Waals surface area (Å²) in [6.45, 7) is 3.95. The van der Waals surface area contributed by atoms with Crippen LogP contribution in [0, 0.1) is 13.8 Å². The predicted octanol–water partition coefficient (Wildman–Crippen LogP) is 4.02. The Balaban J connectivity index is 1.65. The average Bonchev–Trinajstić information content (AvgIpc) is 3.12. The van der Waals surface area contributed by atoms with Crippen molar-refractivity contribution in [2.24, 2.45) is 5.73 Å². The zero-order chi connectivity index (χ0) is 24.7. The molecule has 1 aromatic heterocycles. The van der Waals surface area contributed by atoms with E-state index in [2.05, 4.69) is 0 Å². The van der Waals surface area contributed by atoms with Crippen molar-refractivity contribution in [3.8, 4) is 5.75 Å². The molecular formula is C28H24N2O5. The fourth-order valence-corrected chi connectivity index (χ4v) is 4.47. The predicted molar refractivity (Wildman–Crippen MR) is 131 cm³/mol. The fourth-order valence-electron chi connectivity index (χ4n) is 4.47. The van der Waals surface area contributed by atoms with Crippen molar-refractivity contribution in [1.29, 1.82) is 0 Å². The minimum atomic E-state index is -0.634. The van der Waals surface area contributed by atoms with Crippen molar-refractivity contribution < 1.29 is 18.7 Å². The van der Waals surface area contributed by atoms with Crippen LogP contribution in [0.1, 0.15) is 44.4 Å². The van der Waals surface area contributed by atoms with E-state index in [1.807, 2.05) is 50.2 Å². The second-order valence-electron chi connectivity index (χ2n) is 8.75. The van der Waals surface area contributed by atoms with Gasteiger partial charge in [0.05, 0.1) is 17.0 Å². The lowest BCUT2D eigenvalue weighted by molar-refractivity contribution is -0.119. The molecule has 0 saturated heterocycles. The van der Waals surface area contributed by atoms with Crippen LogP contribution in [-0.2, 0) is 11.3 Å². The maximum absolute atomic E-state index is 13.7. The quantitative estimate of drug-likeness (QED) is 0.460. The third kappa shape index (κ3) is 4.05. The summed E-state index contributed by atoms with van der Waals surface area (Å²) in [4.78, 5) is 40.0. The molecule has 176 valence electrons. The van der Waals surface area contributed by atoms with Gasteiger partial charge in [-0.2, -0.15) is 0 Å². The molecule has 4 aromatic rings. The molecule has 1 unspecified atom stereocenters. The van der Waals surface area contributed by atoms with Gasteiger partial charge in [0, 0.05) is 6.54 Å². The summed E-state index contributed by atoms with van der Waals surface area (Å²) in [6.07, 6.45) is 0. The summed E-state index contributed by atoms with van der Waals surface area (Å²) >= 11 is 0. The van der Waals surface area contributed by atoms with Gasteiger partial charge in [-0.25, -0.2) is 0 Å². The van der Waals surface area contributed by atoms with Gasteiger partial charge in [-0.15, -0.1) is 0 Å². The largest absolute Gasteiger partial charge is 0.484 e. The number of rotatable bonds is 6. The van der Waals surface area contributed by atoms with Crippen molar-refractivity contribution in [3.63, 3.8) is 0 Å². The molecule has 0 saturated carbocycles. The SMILES string of the molecule is Cc1cc2oc3c(c(=O)c2cc1C)C(c1ccc(OCC(N)=O)cc1)N(Cc1ccccc1)C3=O. The molecule has 0 fully saturated rings. The van der Waals surface area contributed by atoms with Gasteiger partial charge in [0.1, 0.15) is 11.3 Å². The Morgan fingerprint density at radius 1 is 1.00 bits per heavy atom. The molecular weight excluding hydrogens is 444 g/mol. The molecule has 1 aliphatic heterocycles. The second kappa shape index (κ2) is 8.76. The zero-order valence-electron chi connectivity index (χ0n) is 19.4. The maximum atomic E-state index is 13.7. The van der Waals surface area contributed by atoms with Crippen molar-refractivity contribution in [3.05, 3.63) is 111 Å². The van der Waals surface area contributed by atoms with Crippen molar-refractivity contribution in [1.82, 2.24) is 4.90 Å². The number of carbonyl (C=O) groups is 2. The Hall–Kier alpha value is -4.39. The van der Waals surface area contributed by atoms with Crippen LogP contribution in [-0.4, -0.2) is 23.3 Å². The number of ether oxygens (including phenoxy) is 1. The molecule has 0 radical (unpaired) electrons. The molecule has 0 aliphatic carbocycles. The van der Waals surface area contributed by atoms with E-state index in [1.165, 1.54) is 0 Å². The zero-order valence-corrected chi connectivity index (χ0v) is 19.4. The maximum Gasteiger partial charge on any atom is 0.291 e. The van der Waals surface area contributed by atoms with Crippen LogP contribution in [0.3, 0.4) is 0 Å². The third-order valence-corrected chi connectivity index (χ3v) is 6.35. The summed E-state index contributed by atoms with van der Waals surface area (Å²) in [5.41, 5.74) is 9.29. The first-order valence-electron chi connectivity index (χ1n) is 11.3. The first-order valence-corrected chi connectivity index (χ1v) is 11.3. The van der Waals surface area contributed by atoms with Gasteiger partial charge in [0.25, 0.3) is 11.8 Å². The van der Waals surface area contributed by atoms with Crippen LogP contribution in [0.25, 0.3) is 11.0 Å². The van der Waals surface area contributed by atoms with Crippen LogP contribution in [0.4, 0.5) is 0 Å². The standard InChI is InChI=1S/C28H24N2O5/c1-16-12-21-22(13-17(16)2)35-27-24(26(21)32)25(19-8-10-20(11-9-19)34-15-23(29)31)30(28(27)33)14-18-6-4-3-5-7-18/h3-13,25H,14-15H2,1-2H3,(H2,29,31). The highest BCUT2D eigenvalue weighted by Gasteiger charge is 2.42. The van der Waals surface area contributed by atoms with Gasteiger partial charge in [-0.3, -0.25) is 14.4 Å². The van der Waals surface area contributed by atoms with Crippen LogP contribution in [0.2, 0.25) is 0 Å². The number of aryl methyl sites for hydroxylation is 2. The highest BCUT2D eigenvalue weighted by atomic mass is 16.5. The molecule has 7 heteroatoms. The number of amides is 2. The topological polar surface area (TPSA) is 103 Å². The van der Waals surface area contributed by atoms with Crippen LogP contribution in [0.15, 0.2) is 75.9 Å². The lowest BCUT2D eigenvalue weighted by atomic mass is 9.97. The first kappa shape index (κ1) is 22.4. The van der Waals surface area contributed by atoms with E-state index in [0.29, 0.717) is 28.8 Å². The Kier molecular flexibility index (Phi) is 5.61. The van der Waals surface area contributed by atoms with Gasteiger partial charge < -0.3 is 19.8 Å². The lowest BCUT2D eigenvalue weighted by Crippen LogP contribution is -2.29. The van der Waals surface area contributed by atoms with Gasteiger partial charge in [-0.1, -0.05) is 42.5 Å². The Labute approximate surface area is 201 Å². The van der Waals surface area contributed by atoms with Crippen molar-refractivity contribution >= 4 is 22.8 Å². The first-order chi connectivity index (χ1) is 16.8. The van der Waals surface area contributed by atoms with Crippen molar-refractivity contribution in [2.75, 3.05) is 6.61 Å². The Morgan fingerprint density at radius 3 is 2.37 bits per heavy atom. The molecule has 0 bridgehead atoms. The fraction of sp³-hybridized carbons (Fsp3) is 0.179. The number of nitrogens with zero attached hydrogens (tertiary/aromatic N) is 1. The normalized spacial score (nSPS) is 14.9. The van der Waals surface area contributed by atoms with E-state index in [9.17, 15) is 14.4 Å². The van der Waals surface area contributed by atoms with E-state index in [4.69, 9.17) is 14.9 Å². The van der Waals surface area contributed by atoms with Gasteiger partial charge in [0.15, 0.2) is 12.0 Å². The second-order valence-corrected chi connectivity index (χ2v) is 8.75. The van der Waals surface area contributed by atoms with Crippen molar-refractivity contribution in [2.45, 2.75) is 26.4 Å². The van der Waals surface area contributed by atoms with E-state index in [0.717, 1.165) is 22.3 Å². The number of primary amides is 1. The third-order valence-electron chi connectivity index (χ3n) is 6.35. The van der Waals surface area contributed by atoms with E-state index in [-0.39, 0.29) is 23.7 Å². The minimum Gasteiger partial charge on any atom is -0.484 e. The number of nitrogens with two attached hydrogens (primary N) is 1. The van der Waals surface area contributed by atoms with Gasteiger partial charge in [0.2, 0.25) is 5.76 Å². The number of carbonyl (C=O) groups excluding carboxylic acids is 2. The summed E-state index contributed by atoms with van der Waals surface area (Å²) in [5, 5.41) is 0.452. The van der Waals surface area contributed by atoms with Crippen LogP contribution in [0.5, 0.6) is 5.75 Å². The molecule has 1 atom stereocenters. The molecule has 5 rings (SSSR count). The molecule has 1 aliphatic rings. The highest BCUT2D eigenvalue weighted by molar-refractivity contribution is 5.99. The van der Waals surface area contributed by atoms with Crippen LogP contribution >= 0.6 is 0 Å². The smallest absolute Gasteiger partial charge is 0.291 e. The summed E-state index contributed by atoms with van der Waals surface area (Å²) in [6, 6.07) is 19.5. The van der Waals surface area contributed by atoms with Crippen LogP contribution < -0.4 is 15.9 Å². The Bertz CT molecular complexity index is 1510. The average molecular weight is 469 g/mol. The van der Waals surface area contributed by atoms with E-state index < -0.39 is 11.9 Å². The number of hydrogen-bond acceptors (Lipinski definition) is 5. The molecule has 2 N–H and O–H groups in total. The molecule has 2 amide bonds. The molecule has 2 heterocycles. The van der Waals surface area contributed by atoms with Gasteiger partial charge in [-0.05, 0) is 60.4 Å². The highest BCUT2D eigenvalue weighted by Crippen LogP contribution is 2.39. The summed E-state index contributed by atoms with van der Waals surface area (Å²) in [7, 11) is 0. The molecule has 3 aromatic carbocycles. The lowest BCUT2D eigenvalue weighted by Gasteiger charge is -2.25. The minimum absolute atomic E-state index is 0.0701. The number of benzene rings is 3. The van der Waals surface area contributed by atoms with Gasteiger partial charge >= 0.3 is 0 Å². The molecule has 7 nitrogen and oxygen atoms in total. The monoisotopic (exact) mass is 468 g/mol. The van der Waals surface area contributed by atoms with E-state index >= 15 is 0 Å². The molecule has 35 heavy (non-hydrogen) atoms. The number of hydrogen-bond donors (Lipinski definition) is 1. The molecule has 0 spiro atoms. The van der Waals surface area contributed by atoms with E-state index in [1.54, 1.807) is 35.2 Å². The Morgan fingerprint density at radius 2 is 1.69 bits per heavy atom. The number of fused-ring (bicyclic) bond motifs is 2. The summed E-state index contributed by atoms with van der Waals surface area (Å²) < 4.78 is 11.4. The summed E-state index contributed by atoms with van der Waals surface area (Å²) in [5.74, 6) is -0.377.